The minimum absolute atomic E-state index is 0.346. The average Bonchev–Trinajstić information content (AvgIpc) is 3.78. The monoisotopic (exact) mass is 523 g/mol. The van der Waals surface area contributed by atoms with Gasteiger partial charge in [-0.1, -0.05) is 49.6 Å². The van der Waals surface area contributed by atoms with Crippen LogP contribution in [-0.4, -0.2) is 34.9 Å². The van der Waals surface area contributed by atoms with E-state index in [-0.39, 0.29) is 0 Å². The van der Waals surface area contributed by atoms with E-state index in [0.717, 1.165) is 54.7 Å². The molecule has 9 heteroatoms. The third kappa shape index (κ3) is 3.11. The molecule has 0 unspecified atom stereocenters. The molecule has 6 aromatic rings. The first kappa shape index (κ1) is 22.2. The number of aromatic nitrogens is 7. The first-order valence-electron chi connectivity index (χ1n) is 12.7. The first-order valence-corrected chi connectivity index (χ1v) is 12.7. The highest BCUT2D eigenvalue weighted by Gasteiger charge is 2.22. The number of hydrogen-bond donors (Lipinski definition) is 4. The Kier molecular flexibility index (Phi) is 4.62. The normalized spacial score (nSPS) is 11.7. The number of fused-ring (bicyclic) bond motifs is 7. The molecule has 0 aliphatic carbocycles. The molecule has 4 N–H and O–H groups in total. The predicted octanol–water partition coefficient (Wildman–Crippen LogP) is 7.77. The average molecular weight is 524 g/mol. The van der Waals surface area contributed by atoms with Gasteiger partial charge in [-0.15, -0.1) is 0 Å². The van der Waals surface area contributed by atoms with Gasteiger partial charge in [0.2, 0.25) is 23.5 Å². The van der Waals surface area contributed by atoms with Crippen molar-refractivity contribution in [1.82, 2.24) is 34.9 Å². The molecular formula is C31H21N7O2. The largest absolute Gasteiger partial charge is 0.420 e. The summed E-state index contributed by atoms with van der Waals surface area (Å²) in [6.45, 7) is 7.90. The second kappa shape index (κ2) is 8.34. The van der Waals surface area contributed by atoms with Gasteiger partial charge >= 0.3 is 0 Å². The summed E-state index contributed by atoms with van der Waals surface area (Å²) in [5, 5.41) is 4.18. The molecule has 0 atom stereocenters. The van der Waals surface area contributed by atoms with Crippen molar-refractivity contribution in [2.45, 2.75) is 0 Å². The van der Waals surface area contributed by atoms with E-state index in [1.807, 2.05) is 60.9 Å². The van der Waals surface area contributed by atoms with Crippen LogP contribution < -0.4 is 9.47 Å². The molecule has 2 aliphatic rings. The molecule has 192 valence electrons. The van der Waals surface area contributed by atoms with E-state index in [2.05, 4.69) is 48.0 Å². The van der Waals surface area contributed by atoms with Crippen LogP contribution >= 0.6 is 0 Å². The fourth-order valence-electron chi connectivity index (χ4n) is 5.47. The minimum atomic E-state index is 0.346. The van der Waals surface area contributed by atoms with E-state index in [1.54, 1.807) is 12.4 Å². The van der Waals surface area contributed by atoms with Gasteiger partial charge in [-0.2, -0.15) is 0 Å². The second-order valence-electron chi connectivity index (χ2n) is 9.43. The van der Waals surface area contributed by atoms with E-state index in [4.69, 9.17) is 9.47 Å². The third-order valence-corrected chi connectivity index (χ3v) is 7.28. The van der Waals surface area contributed by atoms with Gasteiger partial charge in [-0.25, -0.2) is 9.97 Å². The van der Waals surface area contributed by atoms with Crippen LogP contribution in [0.3, 0.4) is 0 Å². The summed E-state index contributed by atoms with van der Waals surface area (Å²) in [5.74, 6) is 1.76. The van der Waals surface area contributed by atoms with Crippen molar-refractivity contribution in [2.24, 2.45) is 0 Å². The molecule has 0 saturated carbocycles. The fraction of sp³-hybridized carbons (Fsp3) is 0. The van der Waals surface area contributed by atoms with Crippen molar-refractivity contribution in [2.75, 3.05) is 0 Å². The van der Waals surface area contributed by atoms with E-state index >= 15 is 0 Å². The van der Waals surface area contributed by atoms with E-state index in [9.17, 15) is 0 Å². The van der Waals surface area contributed by atoms with Crippen LogP contribution in [0.25, 0.3) is 66.9 Å². The Morgan fingerprint density at radius 2 is 1.18 bits per heavy atom. The molecule has 0 fully saturated rings. The number of rotatable bonds is 6. The molecule has 0 amide bonds. The van der Waals surface area contributed by atoms with Crippen molar-refractivity contribution in [3.8, 4) is 34.6 Å². The van der Waals surface area contributed by atoms with Crippen molar-refractivity contribution in [1.29, 1.82) is 0 Å². The zero-order chi connectivity index (χ0) is 26.8. The van der Waals surface area contributed by atoms with Crippen LogP contribution in [0.2, 0.25) is 0 Å². The highest BCUT2D eigenvalue weighted by atomic mass is 16.5. The molecule has 0 bridgehead atoms. The lowest BCUT2D eigenvalue weighted by Crippen LogP contribution is -1.90. The molecule has 0 radical (unpaired) electrons. The topological polar surface area (TPSA) is 120 Å². The maximum absolute atomic E-state index is 6.31. The summed E-state index contributed by atoms with van der Waals surface area (Å²) in [6, 6.07) is 12.1. The third-order valence-electron chi connectivity index (χ3n) is 7.28. The highest BCUT2D eigenvalue weighted by Crippen LogP contribution is 2.42. The number of benzene rings is 2. The van der Waals surface area contributed by atoms with Gasteiger partial charge in [-0.3, -0.25) is 4.98 Å². The molecular weight excluding hydrogens is 502 g/mol. The number of H-pyrrole nitrogens is 4. The Morgan fingerprint density at radius 3 is 1.65 bits per heavy atom. The maximum Gasteiger partial charge on any atom is 0.232 e. The molecule has 0 spiro atoms. The minimum Gasteiger partial charge on any atom is -0.420 e. The van der Waals surface area contributed by atoms with Crippen molar-refractivity contribution in [3.63, 3.8) is 0 Å². The number of hydrogen-bond acceptors (Lipinski definition) is 5. The lowest BCUT2D eigenvalue weighted by molar-refractivity contribution is 0.453. The zero-order valence-corrected chi connectivity index (χ0v) is 21.1. The molecule has 2 aliphatic heterocycles. The molecule has 6 heterocycles. The van der Waals surface area contributed by atoms with Crippen molar-refractivity contribution >= 4 is 55.8 Å². The molecule has 0 saturated heterocycles. The quantitative estimate of drug-likeness (QED) is 0.177. The lowest BCUT2D eigenvalue weighted by Gasteiger charge is -2.06. The number of nitrogens with zero attached hydrogens (tertiary/aromatic N) is 3. The maximum atomic E-state index is 6.31. The number of nitrogens with one attached hydrogen (secondary N) is 4. The Balaban J connectivity index is 1.17. The Labute approximate surface area is 226 Å². The van der Waals surface area contributed by atoms with Gasteiger partial charge in [0.1, 0.15) is 17.4 Å². The van der Waals surface area contributed by atoms with Gasteiger partial charge in [0, 0.05) is 57.4 Å². The lowest BCUT2D eigenvalue weighted by atomic mass is 10.1. The molecule has 8 rings (SSSR count). The van der Waals surface area contributed by atoms with Crippen LogP contribution in [0, 0.1) is 0 Å². The van der Waals surface area contributed by atoms with Crippen molar-refractivity contribution in [3.05, 3.63) is 91.8 Å². The van der Waals surface area contributed by atoms with Crippen molar-refractivity contribution < 1.29 is 9.47 Å². The van der Waals surface area contributed by atoms with Crippen LogP contribution in [0.5, 0.6) is 23.5 Å². The predicted molar refractivity (Wildman–Crippen MR) is 157 cm³/mol. The Hall–Kier alpha value is -5.83. The Bertz CT molecular complexity index is 2080. The van der Waals surface area contributed by atoms with Crippen LogP contribution in [0.15, 0.2) is 80.7 Å². The molecule has 9 nitrogen and oxygen atoms in total. The van der Waals surface area contributed by atoms with E-state index < -0.39 is 0 Å². The highest BCUT2D eigenvalue weighted by molar-refractivity contribution is 6.13. The molecule has 2 aromatic carbocycles. The van der Waals surface area contributed by atoms with Gasteiger partial charge in [0.15, 0.2) is 0 Å². The van der Waals surface area contributed by atoms with Gasteiger partial charge in [0.05, 0.1) is 11.1 Å². The second-order valence-corrected chi connectivity index (χ2v) is 9.43. The van der Waals surface area contributed by atoms with E-state index in [0.29, 0.717) is 34.6 Å². The van der Waals surface area contributed by atoms with E-state index in [1.165, 1.54) is 6.33 Å². The van der Waals surface area contributed by atoms with Gasteiger partial charge < -0.3 is 29.4 Å². The fourth-order valence-corrected chi connectivity index (χ4v) is 5.47. The summed E-state index contributed by atoms with van der Waals surface area (Å²) in [5.41, 5.74) is 7.07. The van der Waals surface area contributed by atoms with Crippen LogP contribution in [0.4, 0.5) is 0 Å². The standard InChI is InChI=1S/C31H21N7O2/c1-3-16-7-5-9-22-24(16)20-13-33-30(26(20)37-22)39-28-18-11-32-12-19(18)29(36-15-35-28)40-31-27-21(14-34-31)25-17(4-2)8-6-10-23(25)38-27/h3-15,33-34,37-38H,1-2H2. The molecule has 4 aromatic heterocycles. The summed E-state index contributed by atoms with van der Waals surface area (Å²) in [7, 11) is 0. The number of ether oxygens (including phenoxy) is 2. The smallest absolute Gasteiger partial charge is 0.232 e. The SMILES string of the molecule is C=Cc1cccc2[nH]c3c(Oc4ncnc(Oc5[nH]cc6c5[nH]c5cccc(C=C)c56)c5cncc4-5)[nH]cc3c12. The van der Waals surface area contributed by atoms with Crippen LogP contribution in [0.1, 0.15) is 11.1 Å². The van der Waals surface area contributed by atoms with Gasteiger partial charge in [0.25, 0.3) is 0 Å². The summed E-state index contributed by atoms with van der Waals surface area (Å²) >= 11 is 0. The first-order chi connectivity index (χ1) is 19.7. The van der Waals surface area contributed by atoms with Gasteiger partial charge in [-0.05, 0) is 23.3 Å². The summed E-state index contributed by atoms with van der Waals surface area (Å²) in [6.07, 6.45) is 12.3. The Morgan fingerprint density at radius 1 is 0.675 bits per heavy atom. The van der Waals surface area contributed by atoms with Crippen LogP contribution in [-0.2, 0) is 0 Å². The number of aromatic amines is 4. The summed E-state index contributed by atoms with van der Waals surface area (Å²) < 4.78 is 12.6. The molecule has 40 heavy (non-hydrogen) atoms. The summed E-state index contributed by atoms with van der Waals surface area (Å²) in [4.78, 5) is 26.7. The zero-order valence-electron chi connectivity index (χ0n) is 21.1.